The van der Waals surface area contributed by atoms with Crippen molar-refractivity contribution in [1.82, 2.24) is 15.1 Å². The molecule has 2 aliphatic rings. The molecule has 1 aromatic heterocycles. The van der Waals surface area contributed by atoms with Gasteiger partial charge < -0.3 is 5.32 Å². The summed E-state index contributed by atoms with van der Waals surface area (Å²) in [6.45, 7) is 0.505. The predicted molar refractivity (Wildman–Crippen MR) is 105 cm³/mol. The van der Waals surface area contributed by atoms with Gasteiger partial charge in [-0.3, -0.25) is 9.48 Å². The van der Waals surface area contributed by atoms with Crippen molar-refractivity contribution in [2.45, 2.75) is 68.8 Å². The van der Waals surface area contributed by atoms with E-state index in [2.05, 4.69) is 10.00 Å². The molecule has 0 saturated heterocycles. The van der Waals surface area contributed by atoms with Gasteiger partial charge in [-0.15, -0.1) is 11.8 Å². The molecule has 0 aliphatic heterocycles. The molecule has 0 spiro atoms. The maximum Gasteiger partial charge on any atom is 0.230 e. The van der Waals surface area contributed by atoms with E-state index in [4.69, 9.17) is 5.10 Å². The van der Waals surface area contributed by atoms with E-state index in [1.165, 1.54) is 73.7 Å². The van der Waals surface area contributed by atoms with Crippen molar-refractivity contribution in [1.29, 1.82) is 0 Å². The first-order valence-corrected chi connectivity index (χ1v) is 10.9. The molecule has 27 heavy (non-hydrogen) atoms. The molecule has 1 heterocycles. The fourth-order valence-electron chi connectivity index (χ4n) is 4.21. The Morgan fingerprint density at radius 2 is 1.89 bits per heavy atom. The minimum absolute atomic E-state index is 0.00991. The standard InChI is InChI=1S/C21H26FN3OS/c22-15-9-11-17(12-10-15)27-14-21(26)23-13-19-18-7-3-4-8-20(18)25(24-19)16-5-1-2-6-16/h9-12,16H,1-8,13-14H2,(H,23,26). The Labute approximate surface area is 163 Å². The Balaban J connectivity index is 1.37. The molecule has 1 N–H and O–H groups in total. The van der Waals surface area contributed by atoms with E-state index in [1.54, 1.807) is 12.1 Å². The van der Waals surface area contributed by atoms with Crippen LogP contribution in [0.2, 0.25) is 0 Å². The SMILES string of the molecule is O=C(CSc1ccc(F)cc1)NCc1nn(C2CCCC2)c2c1CCCC2. The van der Waals surface area contributed by atoms with E-state index in [0.29, 0.717) is 18.3 Å². The van der Waals surface area contributed by atoms with Crippen LogP contribution in [-0.2, 0) is 24.2 Å². The van der Waals surface area contributed by atoms with Crippen molar-refractivity contribution in [3.8, 4) is 0 Å². The number of halogens is 1. The number of fused-ring (bicyclic) bond motifs is 1. The zero-order valence-electron chi connectivity index (χ0n) is 15.5. The second-order valence-corrected chi connectivity index (χ2v) is 8.53. The van der Waals surface area contributed by atoms with Crippen LogP contribution in [0.4, 0.5) is 4.39 Å². The van der Waals surface area contributed by atoms with Crippen LogP contribution in [0.15, 0.2) is 29.2 Å². The first-order valence-electron chi connectivity index (χ1n) is 9.95. The van der Waals surface area contributed by atoms with Gasteiger partial charge in [-0.05, 0) is 68.4 Å². The molecular formula is C21H26FN3OS. The second-order valence-electron chi connectivity index (χ2n) is 7.48. The summed E-state index contributed by atoms with van der Waals surface area (Å²) in [7, 11) is 0. The molecule has 1 aromatic carbocycles. The van der Waals surface area contributed by atoms with Gasteiger partial charge in [0.2, 0.25) is 5.91 Å². The molecule has 1 fully saturated rings. The predicted octanol–water partition coefficient (Wildman–Crippen LogP) is 4.42. The summed E-state index contributed by atoms with van der Waals surface area (Å²) in [6, 6.07) is 6.79. The van der Waals surface area contributed by atoms with Crippen molar-refractivity contribution < 1.29 is 9.18 Å². The van der Waals surface area contributed by atoms with Crippen LogP contribution < -0.4 is 5.32 Å². The van der Waals surface area contributed by atoms with Gasteiger partial charge in [0.1, 0.15) is 5.82 Å². The van der Waals surface area contributed by atoms with Crippen LogP contribution in [0.3, 0.4) is 0 Å². The van der Waals surface area contributed by atoms with Crippen molar-refractivity contribution in [2.75, 3.05) is 5.75 Å². The largest absolute Gasteiger partial charge is 0.350 e. The summed E-state index contributed by atoms with van der Waals surface area (Å²) in [5, 5.41) is 7.95. The quantitative estimate of drug-likeness (QED) is 0.746. The lowest BCUT2D eigenvalue weighted by atomic mass is 9.95. The Bertz CT molecular complexity index is 797. The van der Waals surface area contributed by atoms with Crippen LogP contribution in [0.1, 0.15) is 61.5 Å². The molecule has 0 unspecified atom stereocenters. The Morgan fingerprint density at radius 3 is 2.67 bits per heavy atom. The van der Waals surface area contributed by atoms with Gasteiger partial charge >= 0.3 is 0 Å². The highest BCUT2D eigenvalue weighted by Gasteiger charge is 2.26. The molecule has 0 bridgehead atoms. The molecule has 0 radical (unpaired) electrons. The highest BCUT2D eigenvalue weighted by molar-refractivity contribution is 8.00. The minimum Gasteiger partial charge on any atom is -0.350 e. The van der Waals surface area contributed by atoms with Gasteiger partial charge in [-0.25, -0.2) is 4.39 Å². The van der Waals surface area contributed by atoms with Crippen molar-refractivity contribution >= 4 is 17.7 Å². The zero-order chi connectivity index (χ0) is 18.6. The summed E-state index contributed by atoms with van der Waals surface area (Å²) < 4.78 is 15.2. The van der Waals surface area contributed by atoms with Crippen LogP contribution in [0.25, 0.3) is 0 Å². The maximum atomic E-state index is 12.9. The summed E-state index contributed by atoms with van der Waals surface area (Å²) in [5.41, 5.74) is 3.84. The Kier molecular flexibility index (Phi) is 5.81. The van der Waals surface area contributed by atoms with Gasteiger partial charge in [0.05, 0.1) is 24.0 Å². The van der Waals surface area contributed by atoms with Crippen molar-refractivity contribution in [3.05, 3.63) is 47.0 Å². The van der Waals surface area contributed by atoms with Crippen LogP contribution in [0, 0.1) is 5.82 Å². The average Bonchev–Trinajstić information content (AvgIpc) is 3.34. The number of carbonyl (C=O) groups is 1. The second kappa shape index (κ2) is 8.46. The summed E-state index contributed by atoms with van der Waals surface area (Å²) in [4.78, 5) is 13.1. The number of amides is 1. The lowest BCUT2D eigenvalue weighted by Gasteiger charge is -2.18. The van der Waals surface area contributed by atoms with Crippen LogP contribution in [-0.4, -0.2) is 21.4 Å². The molecule has 6 heteroatoms. The average molecular weight is 388 g/mol. The first-order chi connectivity index (χ1) is 13.2. The molecular weight excluding hydrogens is 361 g/mol. The van der Waals surface area contributed by atoms with Crippen LogP contribution in [0.5, 0.6) is 0 Å². The number of benzene rings is 1. The molecule has 2 aliphatic carbocycles. The van der Waals surface area contributed by atoms with Crippen molar-refractivity contribution in [2.24, 2.45) is 0 Å². The Morgan fingerprint density at radius 1 is 1.15 bits per heavy atom. The molecule has 4 rings (SSSR count). The van der Waals surface area contributed by atoms with E-state index in [9.17, 15) is 9.18 Å². The third kappa shape index (κ3) is 4.37. The third-order valence-electron chi connectivity index (χ3n) is 5.60. The number of carbonyl (C=O) groups excluding carboxylic acids is 1. The normalized spacial score (nSPS) is 17.1. The molecule has 1 saturated carbocycles. The molecule has 2 aromatic rings. The highest BCUT2D eigenvalue weighted by Crippen LogP contribution is 2.34. The van der Waals surface area contributed by atoms with Crippen LogP contribution >= 0.6 is 11.8 Å². The summed E-state index contributed by atoms with van der Waals surface area (Å²) in [5.74, 6) is 0.0627. The highest BCUT2D eigenvalue weighted by atomic mass is 32.2. The number of rotatable bonds is 6. The monoisotopic (exact) mass is 387 g/mol. The molecule has 144 valence electrons. The van der Waals surface area contributed by atoms with Gasteiger partial charge in [-0.1, -0.05) is 12.8 Å². The smallest absolute Gasteiger partial charge is 0.230 e. The molecule has 4 nitrogen and oxygen atoms in total. The Hall–Kier alpha value is -1.82. The van der Waals surface area contributed by atoms with Gasteiger partial charge in [0, 0.05) is 10.6 Å². The van der Waals surface area contributed by atoms with E-state index in [1.807, 2.05) is 0 Å². The lowest BCUT2D eigenvalue weighted by Crippen LogP contribution is -2.25. The number of thioether (sulfide) groups is 1. The number of nitrogens with one attached hydrogen (secondary N) is 1. The number of hydrogen-bond acceptors (Lipinski definition) is 3. The fraction of sp³-hybridized carbons (Fsp3) is 0.524. The number of nitrogens with zero attached hydrogens (tertiary/aromatic N) is 2. The van der Waals surface area contributed by atoms with Gasteiger partial charge in [0.25, 0.3) is 0 Å². The number of aromatic nitrogens is 2. The third-order valence-corrected chi connectivity index (χ3v) is 6.61. The van der Waals surface area contributed by atoms with E-state index < -0.39 is 0 Å². The number of hydrogen-bond donors (Lipinski definition) is 1. The van der Waals surface area contributed by atoms with Gasteiger partial charge in [0.15, 0.2) is 0 Å². The fourth-order valence-corrected chi connectivity index (χ4v) is 4.94. The van der Waals surface area contributed by atoms with E-state index >= 15 is 0 Å². The van der Waals surface area contributed by atoms with Crippen molar-refractivity contribution in [3.63, 3.8) is 0 Å². The van der Waals surface area contributed by atoms with Gasteiger partial charge in [-0.2, -0.15) is 5.10 Å². The maximum absolute atomic E-state index is 12.9. The summed E-state index contributed by atoms with van der Waals surface area (Å²) in [6.07, 6.45) is 9.71. The molecule has 0 atom stereocenters. The zero-order valence-corrected chi connectivity index (χ0v) is 16.4. The first kappa shape index (κ1) is 18.5. The topological polar surface area (TPSA) is 46.9 Å². The van der Waals surface area contributed by atoms with E-state index in [0.717, 1.165) is 23.4 Å². The van der Waals surface area contributed by atoms with E-state index in [-0.39, 0.29) is 11.7 Å². The summed E-state index contributed by atoms with van der Waals surface area (Å²) >= 11 is 1.42. The molecule has 1 amide bonds. The minimum atomic E-state index is -0.258. The lowest BCUT2D eigenvalue weighted by molar-refractivity contribution is -0.118.